The number of nitro benzene ring substituents is 1. The van der Waals surface area contributed by atoms with Crippen molar-refractivity contribution in [3.63, 3.8) is 0 Å². The minimum absolute atomic E-state index is 0.0667. The molecule has 1 amide bonds. The number of oxazole rings is 1. The van der Waals surface area contributed by atoms with Crippen molar-refractivity contribution in [2.24, 2.45) is 0 Å². The van der Waals surface area contributed by atoms with Crippen LogP contribution in [0.15, 0.2) is 51.9 Å². The number of rotatable bonds is 9. The summed E-state index contributed by atoms with van der Waals surface area (Å²) in [5, 5.41) is 10.9. The van der Waals surface area contributed by atoms with E-state index in [2.05, 4.69) is 4.98 Å². The fourth-order valence-corrected chi connectivity index (χ4v) is 2.95. The van der Waals surface area contributed by atoms with Crippen molar-refractivity contribution < 1.29 is 18.9 Å². The van der Waals surface area contributed by atoms with Crippen molar-refractivity contribution >= 4 is 22.7 Å². The summed E-state index contributed by atoms with van der Waals surface area (Å²) >= 11 is 0. The summed E-state index contributed by atoms with van der Waals surface area (Å²) < 4.78 is 11.3. The number of pyridine rings is 1. The average molecular weight is 400 g/mol. The summed E-state index contributed by atoms with van der Waals surface area (Å²) in [4.78, 5) is 41.1. The zero-order chi connectivity index (χ0) is 20.8. The number of hydrogen-bond acceptors (Lipinski definition) is 7. The zero-order valence-corrected chi connectivity index (χ0v) is 15.8. The summed E-state index contributed by atoms with van der Waals surface area (Å²) in [7, 11) is 1.59. The highest BCUT2D eigenvalue weighted by Crippen LogP contribution is 2.20. The van der Waals surface area contributed by atoms with Gasteiger partial charge in [0.1, 0.15) is 6.54 Å². The Bertz CT molecular complexity index is 1060. The quantitative estimate of drug-likeness (QED) is 0.306. The molecule has 2 aromatic heterocycles. The average Bonchev–Trinajstić information content (AvgIpc) is 3.02. The van der Waals surface area contributed by atoms with Gasteiger partial charge in [0.05, 0.1) is 16.5 Å². The second-order valence-corrected chi connectivity index (χ2v) is 6.38. The van der Waals surface area contributed by atoms with Gasteiger partial charge >= 0.3 is 5.76 Å². The largest absolute Gasteiger partial charge is 0.420 e. The molecule has 0 aliphatic heterocycles. The number of nitrogens with zero attached hydrogens (tertiary/aromatic N) is 4. The highest BCUT2D eigenvalue weighted by atomic mass is 16.6. The van der Waals surface area contributed by atoms with Gasteiger partial charge in [0, 0.05) is 45.3 Å². The predicted octanol–water partition coefficient (Wildman–Crippen LogP) is 1.96. The molecule has 0 aliphatic rings. The Hall–Kier alpha value is -3.53. The normalized spacial score (nSPS) is 10.9. The molecular weight excluding hydrogens is 380 g/mol. The molecule has 0 atom stereocenters. The Balaban J connectivity index is 1.83. The molecule has 0 saturated carbocycles. The topological polar surface area (TPSA) is 121 Å². The number of nitro groups is 1. The van der Waals surface area contributed by atoms with Crippen LogP contribution in [0.25, 0.3) is 11.1 Å². The standard InChI is InChI=1S/C19H20N4O6/c1-28-10-2-9-21(12-14-5-7-20-8-6-14)18(24)13-22-16-4-3-15(23(26)27)11-17(16)29-19(22)25/h3-8,11H,2,9-10,12-13H2,1H3. The summed E-state index contributed by atoms with van der Waals surface area (Å²) in [5.41, 5.74) is 1.11. The van der Waals surface area contributed by atoms with Gasteiger partial charge in [-0.2, -0.15) is 0 Å². The monoisotopic (exact) mass is 400 g/mol. The first kappa shape index (κ1) is 20.2. The van der Waals surface area contributed by atoms with E-state index in [0.29, 0.717) is 31.6 Å². The van der Waals surface area contributed by atoms with Crippen LogP contribution < -0.4 is 5.76 Å². The number of hydrogen-bond donors (Lipinski definition) is 0. The van der Waals surface area contributed by atoms with E-state index in [0.717, 1.165) is 5.56 Å². The first-order chi connectivity index (χ1) is 14.0. The minimum Gasteiger partial charge on any atom is -0.407 e. The molecule has 0 unspecified atom stereocenters. The lowest BCUT2D eigenvalue weighted by Crippen LogP contribution is -2.36. The number of aromatic nitrogens is 2. The van der Waals surface area contributed by atoms with E-state index in [4.69, 9.17) is 9.15 Å². The molecule has 0 bridgehead atoms. The lowest BCUT2D eigenvalue weighted by atomic mass is 10.2. The smallest absolute Gasteiger partial charge is 0.407 e. The summed E-state index contributed by atoms with van der Waals surface area (Å²) in [5.74, 6) is -1.02. The fourth-order valence-electron chi connectivity index (χ4n) is 2.95. The van der Waals surface area contributed by atoms with Gasteiger partial charge in [0.25, 0.3) is 5.69 Å². The van der Waals surface area contributed by atoms with Crippen molar-refractivity contribution in [3.05, 3.63) is 69.0 Å². The van der Waals surface area contributed by atoms with Crippen LogP contribution in [0.2, 0.25) is 0 Å². The lowest BCUT2D eigenvalue weighted by molar-refractivity contribution is -0.384. The zero-order valence-electron chi connectivity index (χ0n) is 15.8. The van der Waals surface area contributed by atoms with E-state index < -0.39 is 10.7 Å². The second-order valence-electron chi connectivity index (χ2n) is 6.38. The third-order valence-electron chi connectivity index (χ3n) is 4.41. The fraction of sp³-hybridized carbons (Fsp3) is 0.316. The van der Waals surface area contributed by atoms with Gasteiger partial charge < -0.3 is 14.1 Å². The Kier molecular flexibility index (Phi) is 6.35. The van der Waals surface area contributed by atoms with E-state index in [9.17, 15) is 19.7 Å². The number of benzene rings is 1. The Morgan fingerprint density at radius 1 is 1.31 bits per heavy atom. The molecule has 152 valence electrons. The first-order valence-corrected chi connectivity index (χ1v) is 8.93. The van der Waals surface area contributed by atoms with Crippen molar-refractivity contribution in [2.45, 2.75) is 19.5 Å². The molecular formula is C19H20N4O6. The van der Waals surface area contributed by atoms with Crippen LogP contribution in [0.5, 0.6) is 0 Å². The number of fused-ring (bicyclic) bond motifs is 1. The molecule has 3 aromatic rings. The summed E-state index contributed by atoms with van der Waals surface area (Å²) in [6.45, 7) is 1.08. The van der Waals surface area contributed by atoms with E-state index in [1.54, 1.807) is 24.4 Å². The van der Waals surface area contributed by atoms with Gasteiger partial charge in [-0.3, -0.25) is 24.5 Å². The molecule has 2 heterocycles. The summed E-state index contributed by atoms with van der Waals surface area (Å²) in [6.07, 6.45) is 3.93. The van der Waals surface area contributed by atoms with Crippen LogP contribution in [-0.2, 0) is 22.6 Å². The molecule has 0 fully saturated rings. The van der Waals surface area contributed by atoms with Crippen molar-refractivity contribution in [1.82, 2.24) is 14.5 Å². The maximum Gasteiger partial charge on any atom is 0.420 e. The van der Waals surface area contributed by atoms with E-state index in [1.807, 2.05) is 12.1 Å². The number of non-ortho nitro benzene ring substituents is 1. The van der Waals surface area contributed by atoms with Crippen LogP contribution in [0.1, 0.15) is 12.0 Å². The van der Waals surface area contributed by atoms with Crippen LogP contribution in [0.4, 0.5) is 5.69 Å². The van der Waals surface area contributed by atoms with Gasteiger partial charge in [-0.05, 0) is 30.2 Å². The van der Waals surface area contributed by atoms with E-state index in [-0.39, 0.29) is 23.7 Å². The van der Waals surface area contributed by atoms with E-state index in [1.165, 1.54) is 22.8 Å². The molecule has 0 saturated heterocycles. The van der Waals surface area contributed by atoms with Crippen LogP contribution in [-0.4, -0.2) is 45.5 Å². The van der Waals surface area contributed by atoms with Crippen LogP contribution >= 0.6 is 0 Å². The highest BCUT2D eigenvalue weighted by Gasteiger charge is 2.20. The number of ether oxygens (including phenoxy) is 1. The van der Waals surface area contributed by atoms with Gasteiger partial charge in [-0.15, -0.1) is 0 Å². The van der Waals surface area contributed by atoms with Crippen LogP contribution in [0, 0.1) is 10.1 Å². The first-order valence-electron chi connectivity index (χ1n) is 8.93. The number of methoxy groups -OCH3 is 1. The molecule has 0 spiro atoms. The SMILES string of the molecule is COCCCN(Cc1ccncc1)C(=O)Cn1c(=O)oc2cc([N+](=O)[O-])ccc21. The highest BCUT2D eigenvalue weighted by molar-refractivity contribution is 5.80. The number of carbonyl (C=O) groups is 1. The maximum absolute atomic E-state index is 12.9. The van der Waals surface area contributed by atoms with Gasteiger partial charge in [-0.1, -0.05) is 0 Å². The molecule has 0 radical (unpaired) electrons. The van der Waals surface area contributed by atoms with E-state index >= 15 is 0 Å². The van der Waals surface area contributed by atoms with Gasteiger partial charge in [0.2, 0.25) is 5.91 Å². The maximum atomic E-state index is 12.9. The number of carbonyl (C=O) groups excluding carboxylic acids is 1. The molecule has 29 heavy (non-hydrogen) atoms. The third-order valence-corrected chi connectivity index (χ3v) is 4.41. The van der Waals surface area contributed by atoms with Gasteiger partial charge in [-0.25, -0.2) is 4.79 Å². The number of amides is 1. The Morgan fingerprint density at radius 2 is 2.07 bits per heavy atom. The summed E-state index contributed by atoms with van der Waals surface area (Å²) in [6, 6.07) is 7.48. The van der Waals surface area contributed by atoms with Crippen LogP contribution in [0.3, 0.4) is 0 Å². The molecule has 10 nitrogen and oxygen atoms in total. The van der Waals surface area contributed by atoms with Crippen molar-refractivity contribution in [3.8, 4) is 0 Å². The molecule has 0 aliphatic carbocycles. The molecule has 10 heteroatoms. The predicted molar refractivity (Wildman–Crippen MR) is 103 cm³/mol. The lowest BCUT2D eigenvalue weighted by Gasteiger charge is -2.23. The minimum atomic E-state index is -0.741. The Labute approximate surface area is 165 Å². The third kappa shape index (κ3) is 4.85. The molecule has 3 rings (SSSR count). The van der Waals surface area contributed by atoms with Crippen molar-refractivity contribution in [1.29, 1.82) is 0 Å². The molecule has 1 aromatic carbocycles. The van der Waals surface area contributed by atoms with Crippen molar-refractivity contribution in [2.75, 3.05) is 20.3 Å². The Morgan fingerprint density at radius 3 is 2.76 bits per heavy atom. The second kappa shape index (κ2) is 9.11. The van der Waals surface area contributed by atoms with Gasteiger partial charge in [0.15, 0.2) is 5.58 Å². The molecule has 0 N–H and O–H groups in total.